The van der Waals surface area contributed by atoms with Crippen molar-refractivity contribution in [1.82, 2.24) is 0 Å². The molecule has 112 valence electrons. The van der Waals surface area contributed by atoms with Crippen LogP contribution in [0.1, 0.15) is 13.8 Å². The van der Waals surface area contributed by atoms with Gasteiger partial charge in [-0.05, 0) is 26.0 Å². The molecule has 1 amide bonds. The first-order chi connectivity index (χ1) is 9.95. The number of nitrogens with zero attached hydrogens (tertiary/aromatic N) is 2. The van der Waals surface area contributed by atoms with Crippen LogP contribution in [0.2, 0.25) is 0 Å². The van der Waals surface area contributed by atoms with E-state index in [0.717, 1.165) is 10.1 Å². The van der Waals surface area contributed by atoms with Crippen molar-refractivity contribution in [3.8, 4) is 0 Å². The van der Waals surface area contributed by atoms with Crippen molar-refractivity contribution in [3.63, 3.8) is 0 Å². The van der Waals surface area contributed by atoms with Crippen molar-refractivity contribution in [3.05, 3.63) is 34.4 Å². The Morgan fingerprint density at radius 2 is 2.19 bits per heavy atom. The smallest absolute Gasteiger partial charge is 0.269 e. The number of amides is 1. The summed E-state index contributed by atoms with van der Waals surface area (Å²) in [5.41, 5.74) is 0.550. The number of carbonyl (C=O) groups is 1. The molecule has 1 aromatic carbocycles. The summed E-state index contributed by atoms with van der Waals surface area (Å²) in [5, 5.41) is 13.0. The summed E-state index contributed by atoms with van der Waals surface area (Å²) in [6.07, 6.45) is 0. The van der Waals surface area contributed by atoms with Gasteiger partial charge < -0.3 is 5.32 Å². The van der Waals surface area contributed by atoms with E-state index < -0.39 is 4.92 Å². The molecule has 0 aliphatic carbocycles. The molecule has 2 atom stereocenters. The number of carbonyl (C=O) groups excluding carboxylic acids is 1. The number of nitrogens with one attached hydrogen (secondary N) is 1. The van der Waals surface area contributed by atoms with Crippen molar-refractivity contribution in [2.45, 2.75) is 25.1 Å². The van der Waals surface area contributed by atoms with Crippen LogP contribution in [-0.4, -0.2) is 32.3 Å². The molecular formula is C13H15N3O3S2. The number of benzene rings is 1. The van der Waals surface area contributed by atoms with Crippen LogP contribution in [0.15, 0.2) is 29.3 Å². The summed E-state index contributed by atoms with van der Waals surface area (Å²) in [4.78, 5) is 26.6. The van der Waals surface area contributed by atoms with Crippen molar-refractivity contribution in [1.29, 1.82) is 0 Å². The van der Waals surface area contributed by atoms with Crippen LogP contribution in [0.25, 0.3) is 0 Å². The highest BCUT2D eigenvalue weighted by Gasteiger charge is 2.21. The molecule has 0 saturated heterocycles. The van der Waals surface area contributed by atoms with Crippen molar-refractivity contribution >= 4 is 45.2 Å². The zero-order valence-corrected chi connectivity index (χ0v) is 13.2. The van der Waals surface area contributed by atoms with E-state index >= 15 is 0 Å². The standard InChI is InChI=1S/C13H15N3O3S2/c1-8-7-20-13(14-8)21-9(2)12(17)15-10-3-5-11(6-4-10)16(18)19/h3-6,8-9H,7H2,1-2H3,(H,15,17). The third-order valence-corrected chi connectivity index (χ3v) is 5.28. The second-order valence-corrected chi connectivity index (χ2v) is 7.20. The van der Waals surface area contributed by atoms with Gasteiger partial charge >= 0.3 is 0 Å². The Balaban J connectivity index is 1.91. The van der Waals surface area contributed by atoms with Crippen LogP contribution in [0.4, 0.5) is 11.4 Å². The van der Waals surface area contributed by atoms with E-state index in [4.69, 9.17) is 0 Å². The quantitative estimate of drug-likeness (QED) is 0.679. The molecule has 1 aliphatic rings. The van der Waals surface area contributed by atoms with Crippen molar-refractivity contribution in [2.75, 3.05) is 11.1 Å². The Bertz CT molecular complexity index is 575. The van der Waals surface area contributed by atoms with Crippen LogP contribution in [0.5, 0.6) is 0 Å². The molecule has 0 aromatic heterocycles. The van der Waals surface area contributed by atoms with Crippen LogP contribution in [0.3, 0.4) is 0 Å². The lowest BCUT2D eigenvalue weighted by Crippen LogP contribution is -2.23. The van der Waals surface area contributed by atoms with Gasteiger partial charge in [-0.25, -0.2) is 0 Å². The van der Waals surface area contributed by atoms with E-state index in [-0.39, 0.29) is 16.8 Å². The van der Waals surface area contributed by atoms with Gasteiger partial charge in [0.25, 0.3) is 5.69 Å². The minimum absolute atomic E-state index is 0.00104. The normalized spacial score (nSPS) is 19.0. The first-order valence-corrected chi connectivity index (χ1v) is 8.25. The molecular weight excluding hydrogens is 310 g/mol. The number of nitro groups is 1. The largest absolute Gasteiger partial charge is 0.325 e. The first kappa shape index (κ1) is 15.8. The summed E-state index contributed by atoms with van der Waals surface area (Å²) < 4.78 is 0.939. The third-order valence-electron chi connectivity index (χ3n) is 2.77. The lowest BCUT2D eigenvalue weighted by molar-refractivity contribution is -0.384. The minimum Gasteiger partial charge on any atom is -0.325 e. The lowest BCUT2D eigenvalue weighted by atomic mass is 10.3. The Morgan fingerprint density at radius 1 is 1.52 bits per heavy atom. The zero-order chi connectivity index (χ0) is 15.4. The molecule has 1 aromatic rings. The predicted octanol–water partition coefficient (Wildman–Crippen LogP) is 3.15. The summed E-state index contributed by atoms with van der Waals surface area (Å²) in [7, 11) is 0. The number of nitro benzene ring substituents is 1. The molecule has 8 heteroatoms. The SMILES string of the molecule is CC1CSC(SC(C)C(=O)Nc2ccc([N+](=O)[O-])cc2)=N1. The van der Waals surface area contributed by atoms with Gasteiger partial charge in [-0.15, -0.1) is 0 Å². The summed E-state index contributed by atoms with van der Waals surface area (Å²) in [6.45, 7) is 3.86. The highest BCUT2D eigenvalue weighted by atomic mass is 32.2. The molecule has 6 nitrogen and oxygen atoms in total. The number of anilines is 1. The molecule has 1 heterocycles. The van der Waals surface area contributed by atoms with Gasteiger partial charge in [-0.2, -0.15) is 0 Å². The van der Waals surface area contributed by atoms with Gasteiger partial charge in [0, 0.05) is 23.6 Å². The fourth-order valence-corrected chi connectivity index (χ4v) is 3.96. The summed E-state index contributed by atoms with van der Waals surface area (Å²) >= 11 is 3.10. The van der Waals surface area contributed by atoms with Crippen LogP contribution < -0.4 is 5.32 Å². The number of hydrogen-bond donors (Lipinski definition) is 1. The average Bonchev–Trinajstić information content (AvgIpc) is 2.84. The maximum atomic E-state index is 12.1. The molecule has 1 N–H and O–H groups in total. The van der Waals surface area contributed by atoms with Gasteiger partial charge in [0.05, 0.1) is 16.2 Å². The predicted molar refractivity (Wildman–Crippen MR) is 88.1 cm³/mol. The molecule has 0 bridgehead atoms. The maximum Gasteiger partial charge on any atom is 0.269 e. The summed E-state index contributed by atoms with van der Waals surface area (Å²) in [6, 6.07) is 6.09. The summed E-state index contributed by atoms with van der Waals surface area (Å²) in [5.74, 6) is 0.815. The van der Waals surface area contributed by atoms with E-state index in [1.54, 1.807) is 11.8 Å². The number of aliphatic imine (C=N–C) groups is 1. The highest BCUT2D eigenvalue weighted by Crippen LogP contribution is 2.29. The monoisotopic (exact) mass is 325 g/mol. The van der Waals surface area contributed by atoms with Crippen LogP contribution >= 0.6 is 23.5 Å². The molecule has 0 saturated carbocycles. The fraction of sp³-hybridized carbons (Fsp3) is 0.385. The van der Waals surface area contributed by atoms with E-state index in [0.29, 0.717) is 11.7 Å². The second-order valence-electron chi connectivity index (χ2n) is 4.61. The first-order valence-electron chi connectivity index (χ1n) is 6.38. The highest BCUT2D eigenvalue weighted by molar-refractivity contribution is 8.39. The lowest BCUT2D eigenvalue weighted by Gasteiger charge is -2.11. The fourth-order valence-electron chi connectivity index (χ4n) is 1.63. The molecule has 0 spiro atoms. The Kier molecular flexibility index (Phi) is 5.24. The van der Waals surface area contributed by atoms with Crippen LogP contribution in [0, 0.1) is 10.1 Å². The van der Waals surface area contributed by atoms with Gasteiger partial charge in [-0.3, -0.25) is 19.9 Å². The topological polar surface area (TPSA) is 84.6 Å². The number of non-ortho nitro benzene ring substituents is 1. The third kappa shape index (κ3) is 4.47. The number of rotatable bonds is 4. The molecule has 1 aliphatic heterocycles. The molecule has 2 unspecified atom stereocenters. The average molecular weight is 325 g/mol. The number of hydrogen-bond acceptors (Lipinski definition) is 6. The molecule has 0 radical (unpaired) electrons. The van der Waals surface area contributed by atoms with Crippen molar-refractivity contribution < 1.29 is 9.72 Å². The maximum absolute atomic E-state index is 12.1. The molecule has 21 heavy (non-hydrogen) atoms. The Labute approximate surface area is 130 Å². The second kappa shape index (κ2) is 6.95. The Hall–Kier alpha value is -1.54. The molecule has 2 rings (SSSR count). The zero-order valence-electron chi connectivity index (χ0n) is 11.6. The van der Waals surface area contributed by atoms with E-state index in [1.165, 1.54) is 36.0 Å². The van der Waals surface area contributed by atoms with Crippen LogP contribution in [-0.2, 0) is 4.79 Å². The molecule has 0 fully saturated rings. The van der Waals surface area contributed by atoms with Gasteiger partial charge in [0.15, 0.2) is 0 Å². The van der Waals surface area contributed by atoms with E-state index in [2.05, 4.69) is 10.3 Å². The Morgan fingerprint density at radius 3 is 2.71 bits per heavy atom. The van der Waals surface area contributed by atoms with Gasteiger partial charge in [-0.1, -0.05) is 23.5 Å². The minimum atomic E-state index is -0.472. The van der Waals surface area contributed by atoms with Gasteiger partial charge in [0.1, 0.15) is 4.38 Å². The number of thioether (sulfide) groups is 2. The van der Waals surface area contributed by atoms with Crippen molar-refractivity contribution in [2.24, 2.45) is 4.99 Å². The van der Waals surface area contributed by atoms with E-state index in [9.17, 15) is 14.9 Å². The van der Waals surface area contributed by atoms with E-state index in [1.807, 2.05) is 13.8 Å². The van der Waals surface area contributed by atoms with Gasteiger partial charge in [0.2, 0.25) is 5.91 Å².